The van der Waals surface area contributed by atoms with Crippen molar-refractivity contribution < 1.29 is 14.1 Å². The molecule has 0 saturated carbocycles. The number of aromatic nitrogens is 3. The van der Waals surface area contributed by atoms with E-state index in [1.165, 1.54) is 10.9 Å². The summed E-state index contributed by atoms with van der Waals surface area (Å²) in [5, 5.41) is 6.87. The van der Waals surface area contributed by atoms with Gasteiger partial charge in [0.15, 0.2) is 0 Å². The van der Waals surface area contributed by atoms with Gasteiger partial charge in [0.25, 0.3) is 11.1 Å². The van der Waals surface area contributed by atoms with Crippen molar-refractivity contribution in [3.05, 3.63) is 76.3 Å². The minimum atomic E-state index is -0.364. The summed E-state index contributed by atoms with van der Waals surface area (Å²) in [6.45, 7) is 2.56. The number of aryl methyl sites for hydroxylation is 2. The fourth-order valence-electron chi connectivity index (χ4n) is 3.21. The lowest BCUT2D eigenvalue weighted by Gasteiger charge is -2.08. The Bertz CT molecular complexity index is 1270. The van der Waals surface area contributed by atoms with Gasteiger partial charge in [-0.1, -0.05) is 47.1 Å². The molecule has 0 unspecified atom stereocenters. The van der Waals surface area contributed by atoms with Crippen molar-refractivity contribution in [2.24, 2.45) is 0 Å². The molecule has 8 heteroatoms. The lowest BCUT2D eigenvalue weighted by atomic mass is 10.1. The molecule has 31 heavy (non-hydrogen) atoms. The molecule has 1 N–H and O–H groups in total. The molecule has 4 aromatic rings. The summed E-state index contributed by atoms with van der Waals surface area (Å²) < 4.78 is 11.8. The van der Waals surface area contributed by atoms with Crippen LogP contribution in [0.1, 0.15) is 17.5 Å². The molecule has 0 aliphatic heterocycles. The molecule has 0 aliphatic carbocycles. The van der Waals surface area contributed by atoms with Gasteiger partial charge in [0, 0.05) is 25.1 Å². The Balaban J connectivity index is 1.43. The maximum atomic E-state index is 12.7. The molecular weight excluding hydrogens is 396 g/mol. The van der Waals surface area contributed by atoms with Crippen LogP contribution >= 0.6 is 0 Å². The Kier molecular flexibility index (Phi) is 5.79. The molecule has 0 atom stereocenters. The third-order valence-electron chi connectivity index (χ3n) is 4.98. The maximum absolute atomic E-state index is 12.7. The first-order valence-corrected chi connectivity index (χ1v) is 9.86. The summed E-state index contributed by atoms with van der Waals surface area (Å²) in [5.41, 5.74) is 3.52. The third-order valence-corrected chi connectivity index (χ3v) is 4.98. The molecule has 158 valence electrons. The Morgan fingerprint density at radius 3 is 2.77 bits per heavy atom. The Morgan fingerprint density at radius 1 is 1.19 bits per heavy atom. The van der Waals surface area contributed by atoms with Gasteiger partial charge in [-0.15, -0.1) is 0 Å². The number of hydrogen-bond acceptors (Lipinski definition) is 6. The molecule has 0 bridgehead atoms. The van der Waals surface area contributed by atoms with E-state index < -0.39 is 0 Å². The van der Waals surface area contributed by atoms with Gasteiger partial charge in [-0.25, -0.2) is 4.98 Å². The molecule has 8 nitrogen and oxygen atoms in total. The number of carbonyl (C=O) groups is 1. The van der Waals surface area contributed by atoms with Gasteiger partial charge in [-0.05, 0) is 24.6 Å². The molecule has 0 aliphatic rings. The number of amides is 1. The fraction of sp³-hybridized carbons (Fsp3) is 0.217. The number of carbonyl (C=O) groups excluding carboxylic acids is 1. The van der Waals surface area contributed by atoms with E-state index >= 15 is 0 Å². The Labute approximate surface area is 178 Å². The average Bonchev–Trinajstić information content (AvgIpc) is 3.23. The standard InChI is InChI=1S/C23H22N4O4/c1-15-6-8-17(9-7-15)20-21-22(31-26-20)23(29)27(14-25-21)11-10-19(28)24-13-16-4-3-5-18(12-16)30-2/h3-9,12,14H,10-11,13H2,1-2H3,(H,24,28). The number of nitrogens with zero attached hydrogens (tertiary/aromatic N) is 3. The fourth-order valence-corrected chi connectivity index (χ4v) is 3.21. The number of rotatable bonds is 7. The molecule has 0 saturated heterocycles. The summed E-state index contributed by atoms with van der Waals surface area (Å²) in [5.74, 6) is 0.558. The van der Waals surface area contributed by atoms with Gasteiger partial charge in [-0.3, -0.25) is 14.2 Å². The zero-order valence-electron chi connectivity index (χ0n) is 17.3. The molecule has 1 amide bonds. The summed E-state index contributed by atoms with van der Waals surface area (Å²) in [6.07, 6.45) is 1.56. The van der Waals surface area contributed by atoms with E-state index in [0.29, 0.717) is 17.8 Å². The van der Waals surface area contributed by atoms with Gasteiger partial charge < -0.3 is 14.6 Å². The normalized spacial score (nSPS) is 10.9. The van der Waals surface area contributed by atoms with E-state index in [0.717, 1.165) is 22.4 Å². The van der Waals surface area contributed by atoms with Gasteiger partial charge in [0.05, 0.1) is 13.4 Å². The van der Waals surface area contributed by atoms with Crippen LogP contribution in [0.4, 0.5) is 0 Å². The highest BCUT2D eigenvalue weighted by Gasteiger charge is 2.16. The second-order valence-electron chi connectivity index (χ2n) is 7.20. The van der Waals surface area contributed by atoms with Crippen LogP contribution in [0.2, 0.25) is 0 Å². The smallest absolute Gasteiger partial charge is 0.299 e. The van der Waals surface area contributed by atoms with Crippen molar-refractivity contribution >= 4 is 17.0 Å². The molecule has 2 aromatic carbocycles. The van der Waals surface area contributed by atoms with Crippen LogP contribution in [0.25, 0.3) is 22.4 Å². The van der Waals surface area contributed by atoms with E-state index in [1.54, 1.807) is 7.11 Å². The van der Waals surface area contributed by atoms with Crippen LogP contribution in [-0.2, 0) is 17.9 Å². The highest BCUT2D eigenvalue weighted by molar-refractivity contribution is 5.87. The predicted octanol–water partition coefficient (Wildman–Crippen LogP) is 3.08. The first-order chi connectivity index (χ1) is 15.0. The van der Waals surface area contributed by atoms with E-state index in [2.05, 4.69) is 15.5 Å². The minimum absolute atomic E-state index is 0.0786. The van der Waals surface area contributed by atoms with Crippen molar-refractivity contribution in [3.63, 3.8) is 0 Å². The molecule has 0 radical (unpaired) electrons. The van der Waals surface area contributed by atoms with E-state index in [1.807, 2.05) is 55.5 Å². The second-order valence-corrected chi connectivity index (χ2v) is 7.20. The first kappa shape index (κ1) is 20.3. The van der Waals surface area contributed by atoms with Crippen LogP contribution in [0.15, 0.2) is 64.2 Å². The number of nitrogens with one attached hydrogen (secondary N) is 1. The number of benzene rings is 2. The topological polar surface area (TPSA) is 99.2 Å². The number of hydrogen-bond donors (Lipinski definition) is 1. The Hall–Kier alpha value is -3.94. The van der Waals surface area contributed by atoms with E-state index in [9.17, 15) is 9.59 Å². The van der Waals surface area contributed by atoms with Crippen LogP contribution in [0, 0.1) is 6.92 Å². The van der Waals surface area contributed by atoms with Crippen LogP contribution in [-0.4, -0.2) is 27.7 Å². The van der Waals surface area contributed by atoms with Crippen molar-refractivity contribution in [3.8, 4) is 17.0 Å². The van der Waals surface area contributed by atoms with Crippen LogP contribution in [0.5, 0.6) is 5.75 Å². The molecule has 2 heterocycles. The molecular formula is C23H22N4O4. The van der Waals surface area contributed by atoms with Crippen molar-refractivity contribution in [2.75, 3.05) is 7.11 Å². The Morgan fingerprint density at radius 2 is 2.00 bits per heavy atom. The van der Waals surface area contributed by atoms with Gasteiger partial charge in [0.2, 0.25) is 5.91 Å². The monoisotopic (exact) mass is 418 g/mol. The second kappa shape index (κ2) is 8.83. The van der Waals surface area contributed by atoms with E-state index in [-0.39, 0.29) is 30.0 Å². The number of ether oxygens (including phenoxy) is 1. The lowest BCUT2D eigenvalue weighted by Crippen LogP contribution is -2.27. The van der Waals surface area contributed by atoms with Gasteiger partial charge in [0.1, 0.15) is 17.0 Å². The molecule has 2 aromatic heterocycles. The summed E-state index contributed by atoms with van der Waals surface area (Å²) >= 11 is 0. The van der Waals surface area contributed by atoms with Crippen molar-refractivity contribution in [1.82, 2.24) is 20.0 Å². The number of fused-ring (bicyclic) bond motifs is 1. The lowest BCUT2D eigenvalue weighted by molar-refractivity contribution is -0.121. The van der Waals surface area contributed by atoms with Gasteiger partial charge >= 0.3 is 0 Å². The highest BCUT2D eigenvalue weighted by Crippen LogP contribution is 2.24. The average molecular weight is 418 g/mol. The maximum Gasteiger partial charge on any atom is 0.299 e. The zero-order valence-corrected chi connectivity index (χ0v) is 17.3. The molecule has 0 spiro atoms. The highest BCUT2D eigenvalue weighted by atomic mass is 16.5. The summed E-state index contributed by atoms with van der Waals surface area (Å²) in [4.78, 5) is 29.3. The summed E-state index contributed by atoms with van der Waals surface area (Å²) in [7, 11) is 1.60. The van der Waals surface area contributed by atoms with Crippen molar-refractivity contribution in [1.29, 1.82) is 0 Å². The van der Waals surface area contributed by atoms with Crippen molar-refractivity contribution in [2.45, 2.75) is 26.4 Å². The zero-order chi connectivity index (χ0) is 21.8. The SMILES string of the molecule is COc1cccc(CNC(=O)CCn2cnc3c(-c4ccc(C)cc4)noc3c2=O)c1. The minimum Gasteiger partial charge on any atom is -0.497 e. The summed E-state index contributed by atoms with van der Waals surface area (Å²) in [6, 6.07) is 15.2. The van der Waals surface area contributed by atoms with Crippen LogP contribution in [0.3, 0.4) is 0 Å². The van der Waals surface area contributed by atoms with Gasteiger partial charge in [-0.2, -0.15) is 0 Å². The third kappa shape index (κ3) is 4.48. The quantitative estimate of drug-likeness (QED) is 0.495. The predicted molar refractivity (Wildman–Crippen MR) is 116 cm³/mol. The van der Waals surface area contributed by atoms with E-state index in [4.69, 9.17) is 9.26 Å². The number of methoxy groups -OCH3 is 1. The van der Waals surface area contributed by atoms with Crippen LogP contribution < -0.4 is 15.6 Å². The largest absolute Gasteiger partial charge is 0.497 e. The molecule has 4 rings (SSSR count). The first-order valence-electron chi connectivity index (χ1n) is 9.86. The molecule has 0 fully saturated rings.